The fourth-order valence-electron chi connectivity index (χ4n) is 5.40. The number of aromatic hydroxyl groups is 1. The van der Waals surface area contributed by atoms with Gasteiger partial charge in [0, 0.05) is 24.2 Å². The summed E-state index contributed by atoms with van der Waals surface area (Å²) in [5.41, 5.74) is 3.64. The monoisotopic (exact) mass is 399 g/mol. The molecule has 2 aliphatic rings. The number of benzene rings is 1. The lowest BCUT2D eigenvalue weighted by Gasteiger charge is -2.42. The molecule has 0 unspecified atom stereocenters. The third kappa shape index (κ3) is 5.57. The molecule has 2 aliphatic carbocycles. The van der Waals surface area contributed by atoms with Crippen molar-refractivity contribution in [3.8, 4) is 5.75 Å². The molecular formula is C27H45NO. The van der Waals surface area contributed by atoms with Gasteiger partial charge in [0.25, 0.3) is 0 Å². The number of phenolic OH excluding ortho intramolecular Hbond substituents is 1. The van der Waals surface area contributed by atoms with Gasteiger partial charge in [0.2, 0.25) is 0 Å². The Hall–Kier alpha value is -1.02. The van der Waals surface area contributed by atoms with Gasteiger partial charge in [-0.3, -0.25) is 4.90 Å². The highest BCUT2D eigenvalue weighted by atomic mass is 16.3. The smallest absolute Gasteiger partial charge is 0.123 e. The minimum Gasteiger partial charge on any atom is -0.507 e. The molecule has 2 saturated carbocycles. The number of hydrogen-bond donors (Lipinski definition) is 1. The summed E-state index contributed by atoms with van der Waals surface area (Å²) in [6.45, 7) is 14.4. The molecule has 0 aromatic heterocycles. The maximum absolute atomic E-state index is 11.3. The van der Waals surface area contributed by atoms with E-state index in [0.29, 0.717) is 17.8 Å². The second kappa shape index (κ2) is 9.00. The summed E-state index contributed by atoms with van der Waals surface area (Å²) in [4.78, 5) is 2.81. The quantitative estimate of drug-likeness (QED) is 0.568. The van der Waals surface area contributed by atoms with Crippen molar-refractivity contribution in [3.05, 3.63) is 28.8 Å². The Labute approximate surface area is 180 Å². The Morgan fingerprint density at radius 3 is 1.66 bits per heavy atom. The van der Waals surface area contributed by atoms with Gasteiger partial charge in [-0.25, -0.2) is 0 Å². The molecule has 3 rings (SSSR count). The molecule has 0 amide bonds. The summed E-state index contributed by atoms with van der Waals surface area (Å²) < 4.78 is 0. The van der Waals surface area contributed by atoms with Crippen LogP contribution in [-0.4, -0.2) is 22.1 Å². The highest BCUT2D eigenvalue weighted by Crippen LogP contribution is 2.40. The summed E-state index contributed by atoms with van der Waals surface area (Å²) in [7, 11) is 0. The molecule has 29 heavy (non-hydrogen) atoms. The van der Waals surface area contributed by atoms with Gasteiger partial charge >= 0.3 is 0 Å². The Balaban J connectivity index is 1.99. The first-order chi connectivity index (χ1) is 13.6. The van der Waals surface area contributed by atoms with Crippen molar-refractivity contribution in [2.45, 2.75) is 135 Å². The first-order valence-electron chi connectivity index (χ1n) is 12.2. The van der Waals surface area contributed by atoms with Crippen LogP contribution in [0.5, 0.6) is 5.75 Å². The highest BCUT2D eigenvalue weighted by molar-refractivity contribution is 5.48. The molecule has 164 valence electrons. The second-order valence-corrected chi connectivity index (χ2v) is 11.8. The molecule has 0 radical (unpaired) electrons. The first-order valence-corrected chi connectivity index (χ1v) is 12.2. The predicted octanol–water partition coefficient (Wildman–Crippen LogP) is 7.45. The molecule has 0 atom stereocenters. The topological polar surface area (TPSA) is 23.5 Å². The summed E-state index contributed by atoms with van der Waals surface area (Å²) >= 11 is 0. The Morgan fingerprint density at radius 1 is 0.759 bits per heavy atom. The number of rotatable bonds is 4. The molecule has 0 heterocycles. The lowest BCUT2D eigenvalue weighted by Crippen LogP contribution is -2.44. The van der Waals surface area contributed by atoms with Gasteiger partial charge in [0.05, 0.1) is 0 Å². The van der Waals surface area contributed by atoms with Gasteiger partial charge in [-0.1, -0.05) is 92.2 Å². The van der Waals surface area contributed by atoms with E-state index in [4.69, 9.17) is 0 Å². The zero-order chi connectivity index (χ0) is 21.2. The lowest BCUT2D eigenvalue weighted by atomic mass is 9.78. The van der Waals surface area contributed by atoms with Gasteiger partial charge in [0.15, 0.2) is 0 Å². The Morgan fingerprint density at radius 2 is 1.24 bits per heavy atom. The fraction of sp³-hybridized carbons (Fsp3) is 0.778. The third-order valence-electron chi connectivity index (χ3n) is 7.30. The van der Waals surface area contributed by atoms with E-state index in [1.165, 1.54) is 69.8 Å². The van der Waals surface area contributed by atoms with E-state index in [-0.39, 0.29) is 10.8 Å². The van der Waals surface area contributed by atoms with Gasteiger partial charge in [-0.2, -0.15) is 0 Å². The minimum atomic E-state index is -0.0550. The standard InChI is InChI=1S/C27H45NO/c1-26(2,3)21-17-20(25(29)24(18-21)27(4,5)6)19-28(22-13-9-7-10-14-22)23-15-11-8-12-16-23/h17-18,22-23,29H,7-16,19H2,1-6H3. The normalized spacial score (nSPS) is 20.4. The largest absolute Gasteiger partial charge is 0.507 e. The van der Waals surface area contributed by atoms with Crippen LogP contribution in [-0.2, 0) is 17.4 Å². The van der Waals surface area contributed by atoms with Crippen LogP contribution < -0.4 is 0 Å². The zero-order valence-electron chi connectivity index (χ0n) is 20.0. The molecule has 1 aromatic rings. The molecular weight excluding hydrogens is 354 g/mol. The Bertz CT molecular complexity index is 649. The van der Waals surface area contributed by atoms with Crippen LogP contribution in [0.15, 0.2) is 12.1 Å². The van der Waals surface area contributed by atoms with Crippen LogP contribution in [0.3, 0.4) is 0 Å². The molecule has 0 saturated heterocycles. The van der Waals surface area contributed by atoms with Crippen molar-refractivity contribution in [1.82, 2.24) is 4.90 Å². The number of hydrogen-bond acceptors (Lipinski definition) is 2. The van der Waals surface area contributed by atoms with Gasteiger partial charge in [-0.15, -0.1) is 0 Å². The van der Waals surface area contributed by atoms with E-state index < -0.39 is 0 Å². The first kappa shape index (κ1) is 22.7. The van der Waals surface area contributed by atoms with Gasteiger partial charge < -0.3 is 5.11 Å². The van der Waals surface area contributed by atoms with Crippen molar-refractivity contribution in [3.63, 3.8) is 0 Å². The highest BCUT2D eigenvalue weighted by Gasteiger charge is 2.31. The zero-order valence-corrected chi connectivity index (χ0v) is 20.0. The average molecular weight is 400 g/mol. The molecule has 2 fully saturated rings. The van der Waals surface area contributed by atoms with Gasteiger partial charge in [-0.05, 0) is 47.6 Å². The molecule has 1 aromatic carbocycles. The molecule has 2 nitrogen and oxygen atoms in total. The summed E-state index contributed by atoms with van der Waals surface area (Å²) in [5.74, 6) is 0.544. The maximum Gasteiger partial charge on any atom is 0.123 e. The molecule has 2 heteroatoms. The summed E-state index contributed by atoms with van der Waals surface area (Å²) in [6, 6.07) is 5.96. The van der Waals surface area contributed by atoms with Crippen molar-refractivity contribution < 1.29 is 5.11 Å². The number of nitrogens with zero attached hydrogens (tertiary/aromatic N) is 1. The van der Waals surface area contributed by atoms with E-state index in [2.05, 4.69) is 58.6 Å². The lowest BCUT2D eigenvalue weighted by molar-refractivity contribution is 0.0722. The van der Waals surface area contributed by atoms with Crippen LogP contribution in [0.2, 0.25) is 0 Å². The molecule has 0 spiro atoms. The van der Waals surface area contributed by atoms with E-state index in [1.807, 2.05) is 0 Å². The van der Waals surface area contributed by atoms with Crippen LogP contribution in [0.1, 0.15) is 122 Å². The van der Waals surface area contributed by atoms with E-state index in [1.54, 1.807) is 0 Å². The fourth-order valence-corrected chi connectivity index (χ4v) is 5.40. The van der Waals surface area contributed by atoms with E-state index >= 15 is 0 Å². The summed E-state index contributed by atoms with van der Waals surface area (Å²) in [5, 5.41) is 11.3. The van der Waals surface area contributed by atoms with Crippen LogP contribution in [0.25, 0.3) is 0 Å². The predicted molar refractivity (Wildman–Crippen MR) is 125 cm³/mol. The second-order valence-electron chi connectivity index (χ2n) is 11.8. The van der Waals surface area contributed by atoms with E-state index in [0.717, 1.165) is 17.7 Å². The van der Waals surface area contributed by atoms with E-state index in [9.17, 15) is 5.11 Å². The van der Waals surface area contributed by atoms with Crippen LogP contribution in [0, 0.1) is 0 Å². The Kier molecular flexibility index (Phi) is 7.03. The molecule has 0 aliphatic heterocycles. The van der Waals surface area contributed by atoms with Crippen LogP contribution >= 0.6 is 0 Å². The minimum absolute atomic E-state index is 0.0550. The molecule has 1 N–H and O–H groups in total. The average Bonchev–Trinajstić information content (AvgIpc) is 2.66. The molecule has 0 bridgehead atoms. The van der Waals surface area contributed by atoms with Crippen molar-refractivity contribution in [2.24, 2.45) is 0 Å². The van der Waals surface area contributed by atoms with Crippen molar-refractivity contribution in [2.75, 3.05) is 0 Å². The van der Waals surface area contributed by atoms with Crippen molar-refractivity contribution in [1.29, 1.82) is 0 Å². The third-order valence-corrected chi connectivity index (χ3v) is 7.30. The van der Waals surface area contributed by atoms with Crippen LogP contribution in [0.4, 0.5) is 0 Å². The van der Waals surface area contributed by atoms with Gasteiger partial charge in [0.1, 0.15) is 5.75 Å². The SMILES string of the molecule is CC(C)(C)c1cc(CN(C2CCCCC2)C2CCCCC2)c(O)c(C(C)(C)C)c1. The number of phenols is 1. The van der Waals surface area contributed by atoms with Crippen molar-refractivity contribution >= 4 is 0 Å². The maximum atomic E-state index is 11.3. The summed E-state index contributed by atoms with van der Waals surface area (Å²) in [6.07, 6.45) is 13.6.